The van der Waals surface area contributed by atoms with Gasteiger partial charge in [-0.25, -0.2) is 4.79 Å². The van der Waals surface area contributed by atoms with Gasteiger partial charge >= 0.3 is 6.09 Å². The summed E-state index contributed by atoms with van der Waals surface area (Å²) >= 11 is 0. The van der Waals surface area contributed by atoms with E-state index in [1.807, 2.05) is 45.0 Å². The number of amides is 1. The number of carbonyl (C=O) groups excluding carboxylic acids is 1. The van der Waals surface area contributed by atoms with Crippen LogP contribution in [0.2, 0.25) is 0 Å². The predicted molar refractivity (Wildman–Crippen MR) is 83.9 cm³/mol. The van der Waals surface area contributed by atoms with Gasteiger partial charge in [0.15, 0.2) is 0 Å². The molecule has 3 N–H and O–H groups in total. The lowest BCUT2D eigenvalue weighted by Gasteiger charge is -2.29. The normalized spacial score (nSPS) is 18.0. The monoisotopic (exact) mass is 294 g/mol. The lowest BCUT2D eigenvalue weighted by atomic mass is 10.0. The molecule has 2 rings (SSSR count). The van der Waals surface area contributed by atoms with Crippen molar-refractivity contribution in [3.63, 3.8) is 0 Å². The van der Waals surface area contributed by atoms with E-state index in [0.717, 1.165) is 37.7 Å². The van der Waals surface area contributed by atoms with Gasteiger partial charge in [-0.2, -0.15) is 0 Å². The van der Waals surface area contributed by atoms with Crippen molar-refractivity contribution < 1.29 is 14.6 Å². The second-order valence-electron chi connectivity index (χ2n) is 6.00. The van der Waals surface area contributed by atoms with Crippen molar-refractivity contribution >= 4 is 11.8 Å². The molecule has 0 saturated carbocycles. The quantitative estimate of drug-likeness (QED) is 0.781. The summed E-state index contributed by atoms with van der Waals surface area (Å²) < 4.78 is 5.46. The zero-order valence-corrected chi connectivity index (χ0v) is 13.3. The number of hydrogen-bond acceptors (Lipinski definition) is 4. The third-order valence-electron chi connectivity index (χ3n) is 3.18. The van der Waals surface area contributed by atoms with E-state index in [4.69, 9.17) is 15.6 Å². The van der Waals surface area contributed by atoms with Gasteiger partial charge < -0.3 is 20.5 Å². The molecule has 1 fully saturated rings. The third-order valence-corrected chi connectivity index (χ3v) is 3.18. The number of likely N-dealkylation sites (tertiary alicyclic amines) is 1. The van der Waals surface area contributed by atoms with Gasteiger partial charge in [-0.15, -0.1) is 0 Å². The Bertz CT molecular complexity index is 469. The van der Waals surface area contributed by atoms with E-state index in [-0.39, 0.29) is 12.1 Å². The van der Waals surface area contributed by atoms with Crippen LogP contribution in [0.15, 0.2) is 24.3 Å². The molecular formula is C16H26N2O3. The molecule has 1 heterocycles. The summed E-state index contributed by atoms with van der Waals surface area (Å²) in [5.41, 5.74) is 7.17. The number of ether oxygens (including phenoxy) is 1. The summed E-state index contributed by atoms with van der Waals surface area (Å²) in [6, 6.07) is 7.82. The molecule has 0 aromatic heterocycles. The van der Waals surface area contributed by atoms with Crippen molar-refractivity contribution in [3.8, 4) is 0 Å². The lowest BCUT2D eigenvalue weighted by Crippen LogP contribution is -2.36. The highest BCUT2D eigenvalue weighted by atomic mass is 16.6. The van der Waals surface area contributed by atoms with E-state index in [2.05, 4.69) is 0 Å². The van der Waals surface area contributed by atoms with Gasteiger partial charge in [0, 0.05) is 19.3 Å². The molecule has 0 unspecified atom stereocenters. The maximum atomic E-state index is 12.2. The molecule has 1 aromatic rings. The highest BCUT2D eigenvalue weighted by Gasteiger charge is 2.33. The van der Waals surface area contributed by atoms with Crippen molar-refractivity contribution in [1.29, 1.82) is 0 Å². The molecule has 1 aliphatic heterocycles. The number of rotatable bonds is 1. The minimum Gasteiger partial charge on any atom is -0.444 e. The van der Waals surface area contributed by atoms with Crippen LogP contribution in [0, 0.1) is 0 Å². The SMILES string of the molecule is CC(C)(C)OC(=O)N1CCC[C@@H]1c1cccc(N)c1.CO. The van der Waals surface area contributed by atoms with Crippen molar-refractivity contribution in [1.82, 2.24) is 4.90 Å². The Hall–Kier alpha value is -1.75. The largest absolute Gasteiger partial charge is 0.444 e. The van der Waals surface area contributed by atoms with E-state index in [1.54, 1.807) is 4.90 Å². The first-order valence-electron chi connectivity index (χ1n) is 7.16. The van der Waals surface area contributed by atoms with E-state index in [9.17, 15) is 4.79 Å². The average molecular weight is 294 g/mol. The first kappa shape index (κ1) is 17.3. The number of nitrogens with two attached hydrogens (primary N) is 1. The zero-order valence-electron chi connectivity index (χ0n) is 13.3. The summed E-state index contributed by atoms with van der Waals surface area (Å²) in [7, 11) is 1.00. The number of aliphatic hydroxyl groups excluding tert-OH is 1. The van der Waals surface area contributed by atoms with Crippen molar-refractivity contribution in [3.05, 3.63) is 29.8 Å². The van der Waals surface area contributed by atoms with Crippen LogP contribution in [0.3, 0.4) is 0 Å². The molecule has 1 atom stereocenters. The first-order chi connectivity index (χ1) is 9.87. The molecule has 21 heavy (non-hydrogen) atoms. The number of hydrogen-bond donors (Lipinski definition) is 2. The molecule has 1 aliphatic rings. The molecule has 0 bridgehead atoms. The summed E-state index contributed by atoms with van der Waals surface area (Å²) in [5, 5.41) is 7.00. The zero-order chi connectivity index (χ0) is 16.0. The van der Waals surface area contributed by atoms with Crippen molar-refractivity contribution in [2.24, 2.45) is 0 Å². The third kappa shape index (κ3) is 4.93. The fraction of sp³-hybridized carbons (Fsp3) is 0.562. The van der Waals surface area contributed by atoms with Gasteiger partial charge in [-0.3, -0.25) is 0 Å². The Morgan fingerprint density at radius 3 is 2.62 bits per heavy atom. The maximum absolute atomic E-state index is 12.2. The first-order valence-corrected chi connectivity index (χ1v) is 7.16. The van der Waals surface area contributed by atoms with Gasteiger partial charge in [0.2, 0.25) is 0 Å². The maximum Gasteiger partial charge on any atom is 0.410 e. The average Bonchev–Trinajstić information content (AvgIpc) is 2.88. The standard InChI is InChI=1S/C15H22N2O2.CH4O/c1-15(2,3)19-14(18)17-9-5-8-13(17)11-6-4-7-12(16)10-11;1-2/h4,6-7,10,13H,5,8-9,16H2,1-3H3;2H,1H3/t13-;/m1./s1. The van der Waals surface area contributed by atoms with Crippen LogP contribution in [0.4, 0.5) is 10.5 Å². The summed E-state index contributed by atoms with van der Waals surface area (Å²) in [6.07, 6.45) is 1.72. The van der Waals surface area contributed by atoms with E-state index >= 15 is 0 Å². The van der Waals surface area contributed by atoms with E-state index in [0.29, 0.717) is 0 Å². The Morgan fingerprint density at radius 1 is 1.38 bits per heavy atom. The van der Waals surface area contributed by atoms with Crippen molar-refractivity contribution in [2.45, 2.75) is 45.3 Å². The highest BCUT2D eigenvalue weighted by molar-refractivity contribution is 5.69. The number of benzene rings is 1. The molecule has 1 saturated heterocycles. The van der Waals surface area contributed by atoms with Crippen LogP contribution in [0.1, 0.15) is 45.2 Å². The van der Waals surface area contributed by atoms with Gasteiger partial charge in [-0.05, 0) is 51.3 Å². The molecule has 0 aliphatic carbocycles. The van der Waals surface area contributed by atoms with Crippen LogP contribution < -0.4 is 5.73 Å². The number of carbonyl (C=O) groups is 1. The Morgan fingerprint density at radius 2 is 2.05 bits per heavy atom. The molecule has 1 amide bonds. The Labute approximate surface area is 126 Å². The highest BCUT2D eigenvalue weighted by Crippen LogP contribution is 2.33. The van der Waals surface area contributed by atoms with Gasteiger partial charge in [-0.1, -0.05) is 12.1 Å². The van der Waals surface area contributed by atoms with Crippen LogP contribution in [0.25, 0.3) is 0 Å². The number of anilines is 1. The fourth-order valence-electron chi connectivity index (χ4n) is 2.42. The Kier molecular flexibility index (Phi) is 6.03. The Balaban J connectivity index is 0.00000106. The van der Waals surface area contributed by atoms with Gasteiger partial charge in [0.05, 0.1) is 6.04 Å². The lowest BCUT2D eigenvalue weighted by molar-refractivity contribution is 0.0224. The van der Waals surface area contributed by atoms with Crippen LogP contribution in [-0.4, -0.2) is 35.4 Å². The van der Waals surface area contributed by atoms with Crippen molar-refractivity contribution in [2.75, 3.05) is 19.4 Å². The van der Waals surface area contributed by atoms with Crippen LogP contribution >= 0.6 is 0 Å². The second kappa shape index (κ2) is 7.31. The predicted octanol–water partition coefficient (Wildman–Crippen LogP) is 2.95. The van der Waals surface area contributed by atoms with E-state index < -0.39 is 5.60 Å². The fourth-order valence-corrected chi connectivity index (χ4v) is 2.42. The van der Waals surface area contributed by atoms with E-state index in [1.165, 1.54) is 0 Å². The summed E-state index contributed by atoms with van der Waals surface area (Å²) in [5.74, 6) is 0. The molecule has 0 radical (unpaired) electrons. The number of aliphatic hydroxyl groups is 1. The molecular weight excluding hydrogens is 268 g/mol. The molecule has 5 nitrogen and oxygen atoms in total. The van der Waals surface area contributed by atoms with Crippen LogP contribution in [-0.2, 0) is 4.74 Å². The van der Waals surface area contributed by atoms with Gasteiger partial charge in [0.1, 0.15) is 5.60 Å². The van der Waals surface area contributed by atoms with Gasteiger partial charge in [0.25, 0.3) is 0 Å². The molecule has 1 aromatic carbocycles. The summed E-state index contributed by atoms with van der Waals surface area (Å²) in [4.78, 5) is 14.0. The minimum absolute atomic E-state index is 0.0818. The molecule has 0 spiro atoms. The number of nitrogens with zero attached hydrogens (tertiary/aromatic N) is 1. The summed E-state index contributed by atoms with van der Waals surface area (Å²) in [6.45, 7) is 6.40. The topological polar surface area (TPSA) is 75.8 Å². The molecule has 118 valence electrons. The molecule has 5 heteroatoms. The van der Waals surface area contributed by atoms with Crippen LogP contribution in [0.5, 0.6) is 0 Å². The number of nitrogen functional groups attached to an aromatic ring is 1. The second-order valence-corrected chi connectivity index (χ2v) is 6.00. The smallest absolute Gasteiger partial charge is 0.410 e. The minimum atomic E-state index is -0.458.